The monoisotopic (exact) mass is 457 g/mol. The van der Waals surface area contributed by atoms with Crippen LogP contribution in [0.2, 0.25) is 0 Å². The molecule has 4 heterocycles. The summed E-state index contributed by atoms with van der Waals surface area (Å²) in [4.78, 5) is 34.5. The molecule has 3 aromatic rings. The molecule has 3 unspecified atom stereocenters. The Labute approximate surface area is 199 Å². The molecule has 1 N–H and O–H groups in total. The second kappa shape index (κ2) is 8.27. The lowest BCUT2D eigenvalue weighted by Gasteiger charge is -2.47. The number of benzene rings is 2. The van der Waals surface area contributed by atoms with Gasteiger partial charge in [0.2, 0.25) is 11.8 Å². The number of hydrogen-bond acceptors (Lipinski definition) is 3. The number of rotatable bonds is 4. The zero-order valence-corrected chi connectivity index (χ0v) is 19.8. The average molecular weight is 458 g/mol. The Hall–Kier alpha value is -3.12. The van der Waals surface area contributed by atoms with Crippen molar-refractivity contribution in [1.82, 2.24) is 14.8 Å². The zero-order chi connectivity index (χ0) is 23.4. The van der Waals surface area contributed by atoms with Crippen LogP contribution in [0.15, 0.2) is 48.5 Å². The van der Waals surface area contributed by atoms with Crippen molar-refractivity contribution < 1.29 is 14.3 Å². The van der Waals surface area contributed by atoms with E-state index in [4.69, 9.17) is 4.74 Å². The molecule has 2 saturated heterocycles. The number of H-pyrrole nitrogens is 1. The molecular formula is C28H31N3O3. The number of aromatic nitrogens is 1. The Morgan fingerprint density at radius 2 is 1.88 bits per heavy atom. The number of aromatic amines is 1. The number of carbonyl (C=O) groups is 2. The quantitative estimate of drug-likeness (QED) is 0.640. The van der Waals surface area contributed by atoms with Crippen molar-refractivity contribution in [1.29, 1.82) is 0 Å². The van der Waals surface area contributed by atoms with Crippen LogP contribution in [0, 0.1) is 0 Å². The number of carbonyl (C=O) groups excluding carboxylic acids is 2. The fraction of sp³-hybridized carbons (Fsp3) is 0.429. The molecule has 0 radical (unpaired) electrons. The van der Waals surface area contributed by atoms with Gasteiger partial charge in [-0.2, -0.15) is 0 Å². The van der Waals surface area contributed by atoms with Crippen molar-refractivity contribution in [3.8, 4) is 0 Å². The topological polar surface area (TPSA) is 65.6 Å². The molecule has 0 spiro atoms. The van der Waals surface area contributed by atoms with Crippen LogP contribution >= 0.6 is 0 Å². The first kappa shape index (κ1) is 21.4. The summed E-state index contributed by atoms with van der Waals surface area (Å²) in [5.41, 5.74) is 5.53. The highest BCUT2D eigenvalue weighted by Gasteiger charge is 2.48. The van der Waals surface area contributed by atoms with Crippen LogP contribution in [0.25, 0.3) is 10.9 Å². The number of fused-ring (bicyclic) bond motifs is 4. The van der Waals surface area contributed by atoms with Gasteiger partial charge in [0.1, 0.15) is 6.04 Å². The number of ether oxygens (including phenoxy) is 1. The Kier molecular flexibility index (Phi) is 5.21. The molecule has 0 aliphatic carbocycles. The highest BCUT2D eigenvalue weighted by atomic mass is 16.5. The summed E-state index contributed by atoms with van der Waals surface area (Å²) in [7, 11) is 0. The fourth-order valence-corrected chi connectivity index (χ4v) is 5.92. The van der Waals surface area contributed by atoms with Crippen LogP contribution in [-0.4, -0.2) is 58.4 Å². The summed E-state index contributed by atoms with van der Waals surface area (Å²) in [6.07, 6.45) is 2.54. The number of amides is 2. The third-order valence-electron chi connectivity index (χ3n) is 7.71. The molecule has 2 aromatic carbocycles. The van der Waals surface area contributed by atoms with Gasteiger partial charge in [0.15, 0.2) is 0 Å². The van der Waals surface area contributed by atoms with E-state index in [1.165, 1.54) is 5.56 Å². The summed E-state index contributed by atoms with van der Waals surface area (Å²) in [6, 6.07) is 16.0. The van der Waals surface area contributed by atoms with Crippen LogP contribution in [0.4, 0.5) is 0 Å². The summed E-state index contributed by atoms with van der Waals surface area (Å²) in [6.45, 7) is 5.71. The van der Waals surface area contributed by atoms with E-state index in [0.29, 0.717) is 18.9 Å². The van der Waals surface area contributed by atoms with E-state index in [1.807, 2.05) is 17.0 Å². The molecule has 6 rings (SSSR count). The highest BCUT2D eigenvalue weighted by molar-refractivity contribution is 5.97. The first-order valence-corrected chi connectivity index (χ1v) is 12.4. The SMILES string of the molecule is CC(C)c1ccc(C2c3[nH]c4ccccc4c3CC3C(=O)N(CC4CCCO4)CC(=O)N32)cc1. The minimum atomic E-state index is -0.496. The standard InChI is InChI=1S/C28H31N3O3/c1-17(2)18-9-11-19(12-10-18)27-26-22(21-7-3-4-8-23(21)29-26)14-24-28(33)30(16-25(32)31(24)27)15-20-6-5-13-34-20/h3-4,7-12,17,20,24,27,29H,5-6,13-16H2,1-2H3. The van der Waals surface area contributed by atoms with Crippen molar-refractivity contribution in [2.45, 2.75) is 57.2 Å². The minimum Gasteiger partial charge on any atom is -0.376 e. The maximum Gasteiger partial charge on any atom is 0.246 e. The number of piperazine rings is 1. The predicted molar refractivity (Wildman–Crippen MR) is 131 cm³/mol. The molecule has 0 saturated carbocycles. The van der Waals surface area contributed by atoms with E-state index in [1.54, 1.807) is 4.90 Å². The van der Waals surface area contributed by atoms with Gasteiger partial charge in [-0.05, 0) is 41.5 Å². The summed E-state index contributed by atoms with van der Waals surface area (Å²) >= 11 is 0. The molecule has 0 bridgehead atoms. The maximum absolute atomic E-state index is 13.7. The van der Waals surface area contributed by atoms with Crippen molar-refractivity contribution in [2.75, 3.05) is 19.7 Å². The van der Waals surface area contributed by atoms with Crippen molar-refractivity contribution in [2.24, 2.45) is 0 Å². The molecule has 2 amide bonds. The van der Waals surface area contributed by atoms with Crippen molar-refractivity contribution in [3.63, 3.8) is 0 Å². The Morgan fingerprint density at radius 1 is 1.09 bits per heavy atom. The number of para-hydroxylation sites is 1. The molecule has 6 heteroatoms. The first-order valence-electron chi connectivity index (χ1n) is 12.4. The molecule has 3 atom stereocenters. The van der Waals surface area contributed by atoms with Crippen LogP contribution in [0.1, 0.15) is 61.0 Å². The van der Waals surface area contributed by atoms with Crippen molar-refractivity contribution >= 4 is 22.7 Å². The zero-order valence-electron chi connectivity index (χ0n) is 19.8. The number of nitrogens with one attached hydrogen (secondary N) is 1. The van der Waals surface area contributed by atoms with Gasteiger partial charge < -0.3 is 19.5 Å². The van der Waals surface area contributed by atoms with Gasteiger partial charge in [0.25, 0.3) is 0 Å². The molecule has 6 nitrogen and oxygen atoms in total. The van der Waals surface area contributed by atoms with Gasteiger partial charge in [-0.15, -0.1) is 0 Å². The Balaban J connectivity index is 1.44. The van der Waals surface area contributed by atoms with Crippen LogP contribution in [0.5, 0.6) is 0 Å². The largest absolute Gasteiger partial charge is 0.376 e. The lowest BCUT2D eigenvalue weighted by Crippen LogP contribution is -2.63. The molecular weight excluding hydrogens is 426 g/mol. The van der Waals surface area contributed by atoms with E-state index >= 15 is 0 Å². The molecule has 34 heavy (non-hydrogen) atoms. The molecule has 2 fully saturated rings. The molecule has 3 aliphatic heterocycles. The van der Waals surface area contributed by atoms with Crippen LogP contribution < -0.4 is 0 Å². The van der Waals surface area contributed by atoms with Crippen LogP contribution in [0.3, 0.4) is 0 Å². The second-order valence-corrected chi connectivity index (χ2v) is 10.2. The summed E-state index contributed by atoms with van der Waals surface area (Å²) < 4.78 is 5.77. The van der Waals surface area contributed by atoms with E-state index in [2.05, 4.69) is 55.2 Å². The van der Waals surface area contributed by atoms with Gasteiger partial charge >= 0.3 is 0 Å². The lowest BCUT2D eigenvalue weighted by molar-refractivity contribution is -0.159. The van der Waals surface area contributed by atoms with Gasteiger partial charge in [-0.25, -0.2) is 0 Å². The van der Waals surface area contributed by atoms with Gasteiger partial charge in [0, 0.05) is 36.2 Å². The van der Waals surface area contributed by atoms with Gasteiger partial charge in [-0.1, -0.05) is 56.3 Å². The van der Waals surface area contributed by atoms with Gasteiger partial charge in [-0.3, -0.25) is 9.59 Å². The van der Waals surface area contributed by atoms with E-state index in [0.717, 1.165) is 47.2 Å². The predicted octanol–water partition coefficient (Wildman–Crippen LogP) is 4.16. The minimum absolute atomic E-state index is 0.00448. The first-order chi connectivity index (χ1) is 16.5. The normalized spacial score (nSPS) is 24.7. The van der Waals surface area contributed by atoms with E-state index < -0.39 is 6.04 Å². The second-order valence-electron chi connectivity index (χ2n) is 10.2. The highest BCUT2D eigenvalue weighted by Crippen LogP contribution is 2.42. The lowest BCUT2D eigenvalue weighted by atomic mass is 9.85. The van der Waals surface area contributed by atoms with Gasteiger partial charge in [0.05, 0.1) is 18.7 Å². The smallest absolute Gasteiger partial charge is 0.246 e. The molecule has 1 aromatic heterocycles. The Morgan fingerprint density at radius 3 is 2.62 bits per heavy atom. The number of hydrogen-bond donors (Lipinski definition) is 1. The fourth-order valence-electron chi connectivity index (χ4n) is 5.92. The molecule has 176 valence electrons. The Bertz CT molecular complexity index is 1240. The van der Waals surface area contributed by atoms with Crippen LogP contribution in [-0.2, 0) is 20.7 Å². The third kappa shape index (κ3) is 3.43. The van der Waals surface area contributed by atoms with Crippen molar-refractivity contribution in [3.05, 3.63) is 70.9 Å². The van der Waals surface area contributed by atoms with E-state index in [9.17, 15) is 9.59 Å². The third-order valence-corrected chi connectivity index (χ3v) is 7.71. The molecule has 3 aliphatic rings. The summed E-state index contributed by atoms with van der Waals surface area (Å²) in [5, 5.41) is 1.14. The van der Waals surface area contributed by atoms with E-state index in [-0.39, 0.29) is 30.5 Å². The average Bonchev–Trinajstić information content (AvgIpc) is 3.49. The maximum atomic E-state index is 13.7. The summed E-state index contributed by atoms with van der Waals surface area (Å²) in [5.74, 6) is 0.473. The number of nitrogens with zero attached hydrogens (tertiary/aromatic N) is 2.